The van der Waals surface area contributed by atoms with Crippen LogP contribution in [0.3, 0.4) is 0 Å². The van der Waals surface area contributed by atoms with Gasteiger partial charge in [0.05, 0.1) is 47.7 Å². The predicted octanol–water partition coefficient (Wildman–Crippen LogP) is 5.61. The second kappa shape index (κ2) is 11.1. The number of hydrogen-bond donors (Lipinski definition) is 2. The molecule has 0 saturated heterocycles. The maximum atomic E-state index is 14.4. The number of amides is 2. The summed E-state index contributed by atoms with van der Waals surface area (Å²) < 4.78 is 49.0. The van der Waals surface area contributed by atoms with Crippen LogP contribution in [-0.2, 0) is 6.18 Å². The fraction of sp³-hybridized carbons (Fsp3) is 0.222. The highest BCUT2D eigenvalue weighted by Gasteiger charge is 2.41. The van der Waals surface area contributed by atoms with Crippen LogP contribution in [0.25, 0.3) is 22.3 Å². The molecule has 0 unspecified atom stereocenters. The van der Waals surface area contributed by atoms with E-state index in [0.29, 0.717) is 15.5 Å². The Balaban J connectivity index is 1.46. The van der Waals surface area contributed by atoms with Crippen molar-refractivity contribution in [3.05, 3.63) is 71.4 Å². The number of carbonyl (C=O) groups excluding carboxylic acids is 1. The van der Waals surface area contributed by atoms with Gasteiger partial charge in [-0.25, -0.2) is 19.4 Å². The molecule has 0 spiro atoms. The number of fused-ring (bicyclic) bond motifs is 1. The molecular formula is C27H23ClF3N9O4. The van der Waals surface area contributed by atoms with E-state index in [2.05, 4.69) is 30.6 Å². The Morgan fingerprint density at radius 2 is 1.80 bits per heavy atom. The SMILES string of the molecule is COc1nccc2c(-n3ncc(C(=O)Nc4cnc(-n5ncc(N(C(=O)O)C(C)(C)C)n5)c(Cl)c4)c3C(F)(F)F)cccc12. The van der Waals surface area contributed by atoms with Crippen LogP contribution in [0.5, 0.6) is 5.88 Å². The smallest absolute Gasteiger partial charge is 0.434 e. The summed E-state index contributed by atoms with van der Waals surface area (Å²) in [6.07, 6.45) is -1.66. The number of ether oxygens (including phenoxy) is 1. The van der Waals surface area contributed by atoms with Gasteiger partial charge in [0.25, 0.3) is 5.91 Å². The van der Waals surface area contributed by atoms with Gasteiger partial charge < -0.3 is 15.2 Å². The fourth-order valence-electron chi connectivity index (χ4n) is 4.51. The highest BCUT2D eigenvalue weighted by atomic mass is 35.5. The Morgan fingerprint density at radius 3 is 2.43 bits per heavy atom. The Labute approximate surface area is 251 Å². The van der Waals surface area contributed by atoms with E-state index in [1.165, 1.54) is 43.8 Å². The first kappa shape index (κ1) is 30.2. The van der Waals surface area contributed by atoms with E-state index in [9.17, 15) is 27.9 Å². The third kappa shape index (κ3) is 5.58. The number of benzene rings is 1. The van der Waals surface area contributed by atoms with Crippen molar-refractivity contribution in [2.45, 2.75) is 32.5 Å². The van der Waals surface area contributed by atoms with E-state index in [1.54, 1.807) is 26.8 Å². The first-order chi connectivity index (χ1) is 20.7. The number of halogens is 4. The standard InChI is InChI=1S/C27H23ClF3N9O4/c1-26(2,3)38(25(42)43)20-13-35-40(37-20)22-18(28)10-14(11-33-22)36-23(41)17-12-34-39(21(17)27(29,30)31)19-7-5-6-16-15(19)8-9-32-24(16)44-4/h5-13H,1-4H3,(H,36,41)(H,42,43). The average Bonchev–Trinajstić information content (AvgIpc) is 3.59. The van der Waals surface area contributed by atoms with Crippen molar-refractivity contribution >= 4 is 45.9 Å². The Kier molecular flexibility index (Phi) is 7.63. The molecule has 44 heavy (non-hydrogen) atoms. The minimum absolute atomic E-state index is 0.0119. The molecule has 228 valence electrons. The number of aromatic nitrogens is 7. The van der Waals surface area contributed by atoms with Crippen LogP contribution >= 0.6 is 11.6 Å². The quantitative estimate of drug-likeness (QED) is 0.244. The molecule has 0 bridgehead atoms. The Morgan fingerprint density at radius 1 is 1.05 bits per heavy atom. The number of carbonyl (C=O) groups is 2. The lowest BCUT2D eigenvalue weighted by molar-refractivity contribution is -0.143. The molecule has 0 fully saturated rings. The van der Waals surface area contributed by atoms with Crippen LogP contribution in [0.1, 0.15) is 36.8 Å². The number of methoxy groups -OCH3 is 1. The summed E-state index contributed by atoms with van der Waals surface area (Å²) >= 11 is 6.35. The summed E-state index contributed by atoms with van der Waals surface area (Å²) in [6, 6.07) is 7.36. The Hall–Kier alpha value is -5.25. The number of nitrogens with one attached hydrogen (secondary N) is 1. The van der Waals surface area contributed by atoms with E-state index >= 15 is 0 Å². The molecule has 4 heterocycles. The molecule has 2 amide bonds. The van der Waals surface area contributed by atoms with E-state index < -0.39 is 35.0 Å². The molecule has 4 aromatic heterocycles. The molecule has 0 aliphatic heterocycles. The van der Waals surface area contributed by atoms with Gasteiger partial charge in [-0.2, -0.15) is 23.4 Å². The summed E-state index contributed by atoms with van der Waals surface area (Å²) in [5.41, 5.74) is -2.85. The van der Waals surface area contributed by atoms with Crippen molar-refractivity contribution < 1.29 is 32.6 Å². The molecule has 0 saturated carbocycles. The van der Waals surface area contributed by atoms with Gasteiger partial charge in [-0.3, -0.25) is 9.69 Å². The van der Waals surface area contributed by atoms with Gasteiger partial charge in [-0.15, -0.1) is 9.90 Å². The second-order valence-corrected chi connectivity index (χ2v) is 10.7. The summed E-state index contributed by atoms with van der Waals surface area (Å²) in [7, 11) is 1.39. The molecule has 0 atom stereocenters. The summed E-state index contributed by atoms with van der Waals surface area (Å²) in [6.45, 7) is 5.02. The van der Waals surface area contributed by atoms with Gasteiger partial charge in [0.2, 0.25) is 5.88 Å². The van der Waals surface area contributed by atoms with Crippen LogP contribution in [0, 0.1) is 0 Å². The van der Waals surface area contributed by atoms with Crippen LogP contribution in [-0.4, -0.2) is 64.5 Å². The molecule has 0 aliphatic carbocycles. The lowest BCUT2D eigenvalue weighted by Gasteiger charge is -2.30. The molecule has 0 aliphatic rings. The summed E-state index contributed by atoms with van der Waals surface area (Å²) in [5, 5.41) is 24.8. The van der Waals surface area contributed by atoms with E-state index in [0.717, 1.165) is 22.1 Å². The minimum atomic E-state index is -4.97. The second-order valence-electron chi connectivity index (χ2n) is 10.3. The number of anilines is 2. The molecule has 2 N–H and O–H groups in total. The third-order valence-corrected chi connectivity index (χ3v) is 6.57. The minimum Gasteiger partial charge on any atom is -0.481 e. The monoisotopic (exact) mass is 629 g/mol. The topological polar surface area (TPSA) is 153 Å². The number of hydrogen-bond acceptors (Lipinski definition) is 8. The highest BCUT2D eigenvalue weighted by Crippen LogP contribution is 2.36. The van der Waals surface area contributed by atoms with Gasteiger partial charge in [0.15, 0.2) is 17.3 Å². The molecule has 5 rings (SSSR count). The Bertz CT molecular complexity index is 1900. The van der Waals surface area contributed by atoms with Crippen LogP contribution in [0.2, 0.25) is 5.02 Å². The van der Waals surface area contributed by atoms with Crippen LogP contribution < -0.4 is 15.0 Å². The molecule has 13 nitrogen and oxygen atoms in total. The fourth-order valence-corrected chi connectivity index (χ4v) is 4.76. The van der Waals surface area contributed by atoms with Crippen molar-refractivity contribution in [3.8, 4) is 17.4 Å². The van der Waals surface area contributed by atoms with Crippen molar-refractivity contribution in [2.24, 2.45) is 0 Å². The first-order valence-electron chi connectivity index (χ1n) is 12.7. The number of alkyl halides is 3. The van der Waals surface area contributed by atoms with Crippen molar-refractivity contribution in [1.82, 2.24) is 34.7 Å². The average molecular weight is 630 g/mol. The first-order valence-corrected chi connectivity index (χ1v) is 13.1. The van der Waals surface area contributed by atoms with E-state index in [4.69, 9.17) is 16.3 Å². The molecule has 0 radical (unpaired) electrons. The zero-order chi connectivity index (χ0) is 32.0. The normalized spacial score (nSPS) is 11.9. The number of rotatable bonds is 6. The van der Waals surface area contributed by atoms with E-state index in [1.807, 2.05) is 0 Å². The number of carboxylic acid groups (broad SMARTS) is 1. The number of nitrogens with zero attached hydrogens (tertiary/aromatic N) is 8. The highest BCUT2D eigenvalue weighted by molar-refractivity contribution is 6.32. The molecule has 1 aromatic carbocycles. The predicted molar refractivity (Wildman–Crippen MR) is 153 cm³/mol. The van der Waals surface area contributed by atoms with Gasteiger partial charge >= 0.3 is 12.3 Å². The lowest BCUT2D eigenvalue weighted by atomic mass is 10.1. The lowest BCUT2D eigenvalue weighted by Crippen LogP contribution is -2.45. The van der Waals surface area contributed by atoms with Gasteiger partial charge in [-0.1, -0.05) is 17.7 Å². The molecule has 17 heteroatoms. The van der Waals surface area contributed by atoms with Crippen molar-refractivity contribution in [1.29, 1.82) is 0 Å². The largest absolute Gasteiger partial charge is 0.481 e. The summed E-state index contributed by atoms with van der Waals surface area (Å²) in [5.74, 6) is -0.904. The zero-order valence-corrected chi connectivity index (χ0v) is 24.2. The van der Waals surface area contributed by atoms with Crippen LogP contribution in [0.15, 0.2) is 55.1 Å². The number of pyridine rings is 2. The molecule has 5 aromatic rings. The zero-order valence-electron chi connectivity index (χ0n) is 23.5. The van der Waals surface area contributed by atoms with Crippen molar-refractivity contribution in [3.63, 3.8) is 0 Å². The van der Waals surface area contributed by atoms with Crippen molar-refractivity contribution in [2.75, 3.05) is 17.3 Å². The maximum Gasteiger partial charge on any atom is 0.434 e. The van der Waals surface area contributed by atoms with Gasteiger partial charge in [0.1, 0.15) is 0 Å². The van der Waals surface area contributed by atoms with Gasteiger partial charge in [-0.05, 0) is 45.0 Å². The third-order valence-electron chi connectivity index (χ3n) is 6.29. The molecular weight excluding hydrogens is 607 g/mol. The maximum absolute atomic E-state index is 14.4. The summed E-state index contributed by atoms with van der Waals surface area (Å²) in [4.78, 5) is 35.1. The van der Waals surface area contributed by atoms with E-state index in [-0.39, 0.29) is 33.9 Å². The van der Waals surface area contributed by atoms with Gasteiger partial charge in [0, 0.05) is 22.5 Å². The van der Waals surface area contributed by atoms with Crippen LogP contribution in [0.4, 0.5) is 29.5 Å².